The number of hydrogen-bond donors (Lipinski definition) is 1. The van der Waals surface area contributed by atoms with Crippen molar-refractivity contribution in [3.8, 4) is 11.5 Å². The van der Waals surface area contributed by atoms with Gasteiger partial charge in [0.05, 0.1) is 37.8 Å². The van der Waals surface area contributed by atoms with E-state index in [9.17, 15) is 0 Å². The second-order valence-corrected chi connectivity index (χ2v) is 4.51. The van der Waals surface area contributed by atoms with E-state index >= 15 is 0 Å². The fraction of sp³-hybridized carbons (Fsp3) is 0.400. The lowest BCUT2D eigenvalue weighted by Gasteiger charge is -2.13. The molecular formula is C15H21N3O2. The number of nitrogens with one attached hydrogen (secondary N) is 1. The summed E-state index contributed by atoms with van der Waals surface area (Å²) >= 11 is 0. The third-order valence-corrected chi connectivity index (χ3v) is 3.15. The van der Waals surface area contributed by atoms with Crippen LogP contribution >= 0.6 is 0 Å². The van der Waals surface area contributed by atoms with E-state index in [2.05, 4.69) is 23.4 Å². The molecule has 0 aliphatic carbocycles. The first-order chi connectivity index (χ1) is 9.67. The van der Waals surface area contributed by atoms with Gasteiger partial charge in [0.25, 0.3) is 0 Å². The van der Waals surface area contributed by atoms with E-state index in [1.807, 2.05) is 29.8 Å². The molecule has 5 nitrogen and oxygen atoms in total. The summed E-state index contributed by atoms with van der Waals surface area (Å²) in [6.45, 7) is 5.66. The van der Waals surface area contributed by atoms with Crippen LogP contribution in [0.5, 0.6) is 11.5 Å². The van der Waals surface area contributed by atoms with Gasteiger partial charge in [-0.15, -0.1) is 0 Å². The molecule has 0 saturated carbocycles. The smallest absolute Gasteiger partial charge is 0.145 e. The molecule has 108 valence electrons. The van der Waals surface area contributed by atoms with Crippen molar-refractivity contribution >= 4 is 5.69 Å². The van der Waals surface area contributed by atoms with E-state index in [1.54, 1.807) is 14.2 Å². The molecule has 1 aromatic carbocycles. The Hall–Kier alpha value is -2.17. The van der Waals surface area contributed by atoms with Gasteiger partial charge in [-0.3, -0.25) is 4.68 Å². The fourth-order valence-electron chi connectivity index (χ4n) is 2.15. The third-order valence-electron chi connectivity index (χ3n) is 3.15. The lowest BCUT2D eigenvalue weighted by atomic mass is 10.2. The molecule has 0 fully saturated rings. The maximum Gasteiger partial charge on any atom is 0.145 e. The number of methoxy groups -OCH3 is 2. The van der Waals surface area contributed by atoms with Gasteiger partial charge in [0.15, 0.2) is 0 Å². The average Bonchev–Trinajstić information content (AvgIpc) is 2.85. The zero-order chi connectivity index (χ0) is 14.5. The molecule has 1 heterocycles. The van der Waals surface area contributed by atoms with Gasteiger partial charge in [0.2, 0.25) is 0 Å². The Morgan fingerprint density at radius 2 is 2.00 bits per heavy atom. The number of aromatic nitrogens is 2. The van der Waals surface area contributed by atoms with Crippen LogP contribution in [0.15, 0.2) is 24.3 Å². The van der Waals surface area contributed by atoms with Crippen molar-refractivity contribution in [1.29, 1.82) is 0 Å². The molecule has 1 N–H and O–H groups in total. The maximum atomic E-state index is 5.37. The quantitative estimate of drug-likeness (QED) is 0.880. The summed E-state index contributed by atoms with van der Waals surface area (Å²) < 4.78 is 12.6. The van der Waals surface area contributed by atoms with Crippen molar-refractivity contribution in [1.82, 2.24) is 9.78 Å². The monoisotopic (exact) mass is 275 g/mol. The predicted octanol–water partition coefficient (Wildman–Crippen LogP) is 2.84. The van der Waals surface area contributed by atoms with Gasteiger partial charge < -0.3 is 14.8 Å². The van der Waals surface area contributed by atoms with Gasteiger partial charge in [-0.2, -0.15) is 5.10 Å². The standard InChI is InChI=1S/C15H21N3O2/c1-5-18-12(8-11(2)17-18)10-16-14-7-6-13(19-3)9-15(14)20-4/h6-9,16H,5,10H2,1-4H3. The molecule has 0 radical (unpaired) electrons. The minimum atomic E-state index is 0.706. The summed E-state index contributed by atoms with van der Waals surface area (Å²) in [5.41, 5.74) is 3.13. The summed E-state index contributed by atoms with van der Waals surface area (Å²) in [6.07, 6.45) is 0. The highest BCUT2D eigenvalue weighted by molar-refractivity contribution is 5.59. The Morgan fingerprint density at radius 3 is 2.65 bits per heavy atom. The maximum absolute atomic E-state index is 5.37. The van der Waals surface area contributed by atoms with E-state index in [-0.39, 0.29) is 0 Å². The van der Waals surface area contributed by atoms with Gasteiger partial charge in [-0.05, 0) is 32.0 Å². The molecule has 0 aliphatic rings. The SMILES string of the molecule is CCn1nc(C)cc1CNc1ccc(OC)cc1OC. The van der Waals surface area contributed by atoms with E-state index in [0.717, 1.165) is 35.1 Å². The first-order valence-electron chi connectivity index (χ1n) is 6.67. The fourth-order valence-corrected chi connectivity index (χ4v) is 2.15. The van der Waals surface area contributed by atoms with Crippen molar-refractivity contribution in [2.75, 3.05) is 19.5 Å². The van der Waals surface area contributed by atoms with E-state index in [1.165, 1.54) is 0 Å². The number of aryl methyl sites for hydroxylation is 2. The normalized spacial score (nSPS) is 10.4. The van der Waals surface area contributed by atoms with Gasteiger partial charge in [-0.1, -0.05) is 0 Å². The van der Waals surface area contributed by atoms with Crippen molar-refractivity contribution in [2.45, 2.75) is 26.9 Å². The number of rotatable bonds is 6. The van der Waals surface area contributed by atoms with Crippen molar-refractivity contribution in [3.05, 3.63) is 35.7 Å². The van der Waals surface area contributed by atoms with Crippen LogP contribution in [0, 0.1) is 6.92 Å². The Labute approximate surface area is 119 Å². The highest BCUT2D eigenvalue weighted by Gasteiger charge is 2.07. The van der Waals surface area contributed by atoms with Gasteiger partial charge in [-0.25, -0.2) is 0 Å². The predicted molar refractivity (Wildman–Crippen MR) is 79.5 cm³/mol. The molecular weight excluding hydrogens is 254 g/mol. The van der Waals surface area contributed by atoms with Crippen LogP contribution in [0.4, 0.5) is 5.69 Å². The highest BCUT2D eigenvalue weighted by Crippen LogP contribution is 2.29. The molecule has 0 atom stereocenters. The zero-order valence-electron chi connectivity index (χ0n) is 12.4. The van der Waals surface area contributed by atoms with E-state index in [4.69, 9.17) is 9.47 Å². The topological polar surface area (TPSA) is 48.3 Å². The molecule has 0 saturated heterocycles. The Morgan fingerprint density at radius 1 is 1.20 bits per heavy atom. The van der Waals surface area contributed by atoms with E-state index < -0.39 is 0 Å². The number of ether oxygens (including phenoxy) is 2. The summed E-state index contributed by atoms with van der Waals surface area (Å²) in [7, 11) is 3.30. The second-order valence-electron chi connectivity index (χ2n) is 4.51. The summed E-state index contributed by atoms with van der Waals surface area (Å²) in [5, 5.41) is 7.82. The molecule has 20 heavy (non-hydrogen) atoms. The molecule has 5 heteroatoms. The van der Waals surface area contributed by atoms with Gasteiger partial charge in [0.1, 0.15) is 11.5 Å². The van der Waals surface area contributed by atoms with Crippen LogP contribution in [0.1, 0.15) is 18.3 Å². The van der Waals surface area contributed by atoms with Crippen LogP contribution in [0.2, 0.25) is 0 Å². The summed E-state index contributed by atoms with van der Waals surface area (Å²) in [5.74, 6) is 1.55. The molecule has 0 spiro atoms. The number of hydrogen-bond acceptors (Lipinski definition) is 4. The van der Waals surface area contributed by atoms with Crippen LogP contribution in [0.25, 0.3) is 0 Å². The average molecular weight is 275 g/mol. The van der Waals surface area contributed by atoms with Crippen LogP contribution in [0.3, 0.4) is 0 Å². The number of benzene rings is 1. The number of nitrogens with zero attached hydrogens (tertiary/aromatic N) is 2. The van der Waals surface area contributed by atoms with Gasteiger partial charge >= 0.3 is 0 Å². The Balaban J connectivity index is 2.14. The van der Waals surface area contributed by atoms with Crippen molar-refractivity contribution in [2.24, 2.45) is 0 Å². The second kappa shape index (κ2) is 6.32. The lowest BCUT2D eigenvalue weighted by molar-refractivity contribution is 0.395. The first kappa shape index (κ1) is 14.2. The summed E-state index contributed by atoms with van der Waals surface area (Å²) in [4.78, 5) is 0. The first-order valence-corrected chi connectivity index (χ1v) is 6.67. The third kappa shape index (κ3) is 3.04. The lowest BCUT2D eigenvalue weighted by Crippen LogP contribution is -2.08. The number of anilines is 1. The van der Waals surface area contributed by atoms with Gasteiger partial charge in [0, 0.05) is 12.6 Å². The minimum Gasteiger partial charge on any atom is -0.497 e. The molecule has 0 amide bonds. The molecule has 2 aromatic rings. The summed E-state index contributed by atoms with van der Waals surface area (Å²) in [6, 6.07) is 7.82. The minimum absolute atomic E-state index is 0.706. The van der Waals surface area contributed by atoms with Crippen LogP contribution in [-0.2, 0) is 13.1 Å². The Bertz CT molecular complexity index is 578. The molecule has 0 bridgehead atoms. The Kier molecular flexibility index (Phi) is 4.50. The molecule has 0 unspecified atom stereocenters. The van der Waals surface area contributed by atoms with E-state index in [0.29, 0.717) is 6.54 Å². The zero-order valence-corrected chi connectivity index (χ0v) is 12.4. The largest absolute Gasteiger partial charge is 0.497 e. The van der Waals surface area contributed by atoms with Crippen molar-refractivity contribution < 1.29 is 9.47 Å². The highest BCUT2D eigenvalue weighted by atomic mass is 16.5. The van der Waals surface area contributed by atoms with Crippen LogP contribution in [-0.4, -0.2) is 24.0 Å². The molecule has 1 aromatic heterocycles. The molecule has 0 aliphatic heterocycles. The molecule has 2 rings (SSSR count). The van der Waals surface area contributed by atoms with Crippen molar-refractivity contribution in [3.63, 3.8) is 0 Å². The van der Waals surface area contributed by atoms with Crippen LogP contribution < -0.4 is 14.8 Å².